The molecule has 38 heavy (non-hydrogen) atoms. The minimum atomic E-state index is -0.336. The lowest BCUT2D eigenvalue weighted by atomic mass is 10.0. The van der Waals surface area contributed by atoms with E-state index in [1.54, 1.807) is 17.2 Å². The Hall–Kier alpha value is -4.18. The molecular weight excluding hydrogens is 489 g/mol. The highest BCUT2D eigenvalue weighted by Gasteiger charge is 2.38. The number of fused-ring (bicyclic) bond motifs is 7. The molecular formula is C28H26FN5O4. The number of hydrogen-bond donors (Lipinski definition) is 1. The number of H-pyrrole nitrogens is 1. The van der Waals surface area contributed by atoms with E-state index in [-0.39, 0.29) is 24.6 Å². The van der Waals surface area contributed by atoms with Crippen LogP contribution in [0.3, 0.4) is 0 Å². The summed E-state index contributed by atoms with van der Waals surface area (Å²) in [5.74, 6) is 0.410. The first kappa shape index (κ1) is 23.0. The zero-order chi connectivity index (χ0) is 25.6. The number of carbonyl (C=O) groups is 1. The van der Waals surface area contributed by atoms with Gasteiger partial charge in [-0.3, -0.25) is 15.0 Å². The van der Waals surface area contributed by atoms with Crippen LogP contribution >= 0.6 is 0 Å². The van der Waals surface area contributed by atoms with Crippen LogP contribution in [0.5, 0.6) is 5.75 Å². The third kappa shape index (κ3) is 3.92. The Morgan fingerprint density at radius 2 is 2.03 bits per heavy atom. The fraction of sp³-hybridized carbons (Fsp3) is 0.321. The van der Waals surface area contributed by atoms with Gasteiger partial charge in [0.1, 0.15) is 23.9 Å². The Morgan fingerprint density at radius 1 is 1.08 bits per heavy atom. The molecule has 2 aromatic heterocycles. The van der Waals surface area contributed by atoms with Crippen LogP contribution < -0.4 is 9.64 Å². The Morgan fingerprint density at radius 3 is 2.97 bits per heavy atom. The minimum Gasteiger partial charge on any atom is -0.491 e. The standard InChI is InChI=1S/C28H26FN5O4/c29-21-4-1-3-18-15-36-9-2-10-37-25-11-17(27-20-12-22(26(18)21)30-13-23(20)31-32-27)5-6-24(25)33-7-8-34-19(14-33)16-38-28(34)35/h1,3-6,11-13,19H,2,7-10,14-16H2,(H,31,32)/t19-/m0/s1. The van der Waals surface area contributed by atoms with E-state index < -0.39 is 0 Å². The summed E-state index contributed by atoms with van der Waals surface area (Å²) in [4.78, 5) is 20.5. The van der Waals surface area contributed by atoms with Crippen LogP contribution in [0.1, 0.15) is 12.0 Å². The van der Waals surface area contributed by atoms with Gasteiger partial charge in [0, 0.05) is 42.6 Å². The van der Waals surface area contributed by atoms with Gasteiger partial charge in [0.05, 0.1) is 49.0 Å². The Bertz CT molecular complexity index is 1540. The average molecular weight is 516 g/mol. The SMILES string of the molecule is O=C1OC[C@@H]2CN(c3ccc4cc3OCCCOCc3cccc(F)c3-c3cc5c-4n[nH]c5cn3)CCN12. The van der Waals surface area contributed by atoms with E-state index in [0.29, 0.717) is 57.1 Å². The number of anilines is 1. The van der Waals surface area contributed by atoms with Crippen molar-refractivity contribution in [3.8, 4) is 28.3 Å². The summed E-state index contributed by atoms with van der Waals surface area (Å²) in [6.07, 6.45) is 2.12. The number of aromatic nitrogens is 3. The molecule has 10 heteroatoms. The number of carbonyl (C=O) groups excluding carboxylic acids is 1. The quantitative estimate of drug-likeness (QED) is 0.402. The van der Waals surface area contributed by atoms with Crippen molar-refractivity contribution in [2.75, 3.05) is 44.4 Å². The number of halogens is 1. The van der Waals surface area contributed by atoms with Gasteiger partial charge in [0.25, 0.3) is 0 Å². The van der Waals surface area contributed by atoms with Gasteiger partial charge in [-0.2, -0.15) is 5.10 Å². The molecule has 1 amide bonds. The van der Waals surface area contributed by atoms with E-state index in [4.69, 9.17) is 14.2 Å². The third-order valence-electron chi connectivity index (χ3n) is 7.44. The molecule has 3 aliphatic heterocycles. The lowest BCUT2D eigenvalue weighted by Gasteiger charge is -2.37. The van der Waals surface area contributed by atoms with Gasteiger partial charge >= 0.3 is 6.09 Å². The number of aromatic amines is 1. The molecule has 4 bridgehead atoms. The van der Waals surface area contributed by atoms with Crippen LogP contribution in [-0.2, 0) is 16.1 Å². The van der Waals surface area contributed by atoms with Crippen molar-refractivity contribution in [1.29, 1.82) is 0 Å². The highest BCUT2D eigenvalue weighted by molar-refractivity contribution is 5.95. The van der Waals surface area contributed by atoms with Crippen LogP contribution in [0, 0.1) is 5.82 Å². The predicted octanol–water partition coefficient (Wildman–Crippen LogP) is 4.37. The summed E-state index contributed by atoms with van der Waals surface area (Å²) in [5.41, 5.74) is 5.07. The number of amides is 1. The summed E-state index contributed by atoms with van der Waals surface area (Å²) < 4.78 is 32.5. The molecule has 1 atom stereocenters. The maximum absolute atomic E-state index is 15.0. The van der Waals surface area contributed by atoms with Crippen molar-refractivity contribution in [3.63, 3.8) is 0 Å². The Kier molecular flexibility index (Phi) is 5.61. The minimum absolute atomic E-state index is 0.0296. The molecule has 9 nitrogen and oxygen atoms in total. The molecule has 0 saturated carbocycles. The predicted molar refractivity (Wildman–Crippen MR) is 139 cm³/mol. The summed E-state index contributed by atoms with van der Waals surface area (Å²) in [6, 6.07) is 13.0. The molecule has 2 aromatic carbocycles. The molecule has 2 saturated heterocycles. The van der Waals surface area contributed by atoms with Crippen LogP contribution in [0.25, 0.3) is 33.4 Å². The number of benzene rings is 2. The lowest BCUT2D eigenvalue weighted by Crippen LogP contribution is -2.52. The molecule has 5 heterocycles. The van der Waals surface area contributed by atoms with Crippen molar-refractivity contribution >= 4 is 22.7 Å². The molecule has 7 rings (SSSR count). The second-order valence-electron chi connectivity index (χ2n) is 9.77. The zero-order valence-electron chi connectivity index (χ0n) is 20.7. The van der Waals surface area contributed by atoms with E-state index in [1.165, 1.54) is 6.07 Å². The van der Waals surface area contributed by atoms with Crippen molar-refractivity contribution in [2.45, 2.75) is 19.1 Å². The van der Waals surface area contributed by atoms with E-state index >= 15 is 4.39 Å². The molecule has 0 aliphatic carbocycles. The van der Waals surface area contributed by atoms with Gasteiger partial charge in [-0.25, -0.2) is 9.18 Å². The summed E-state index contributed by atoms with van der Waals surface area (Å²) in [6.45, 7) is 3.58. The average Bonchev–Trinajstić information content (AvgIpc) is 3.53. The van der Waals surface area contributed by atoms with Gasteiger partial charge < -0.3 is 19.1 Å². The smallest absolute Gasteiger partial charge is 0.410 e. The first-order valence-corrected chi connectivity index (χ1v) is 12.8. The fourth-order valence-corrected chi connectivity index (χ4v) is 5.52. The first-order chi connectivity index (χ1) is 18.7. The summed E-state index contributed by atoms with van der Waals surface area (Å²) in [5, 5.41) is 8.48. The molecule has 2 fully saturated rings. The van der Waals surface area contributed by atoms with Gasteiger partial charge in [-0.05, 0) is 29.8 Å². The maximum Gasteiger partial charge on any atom is 0.410 e. The van der Waals surface area contributed by atoms with Crippen LogP contribution in [0.2, 0.25) is 0 Å². The lowest BCUT2D eigenvalue weighted by molar-refractivity contribution is 0.107. The van der Waals surface area contributed by atoms with Crippen LogP contribution in [-0.4, -0.2) is 71.7 Å². The number of nitrogens with one attached hydrogen (secondary N) is 1. The highest BCUT2D eigenvalue weighted by atomic mass is 19.1. The molecule has 0 spiro atoms. The number of piperazine rings is 1. The monoisotopic (exact) mass is 515 g/mol. The second-order valence-corrected chi connectivity index (χ2v) is 9.77. The van der Waals surface area contributed by atoms with Gasteiger partial charge in [0.2, 0.25) is 0 Å². The fourth-order valence-electron chi connectivity index (χ4n) is 5.52. The van der Waals surface area contributed by atoms with E-state index in [2.05, 4.69) is 20.1 Å². The first-order valence-electron chi connectivity index (χ1n) is 12.8. The topological polar surface area (TPSA) is 92.8 Å². The van der Waals surface area contributed by atoms with Gasteiger partial charge in [-0.15, -0.1) is 0 Å². The Balaban J connectivity index is 1.31. The van der Waals surface area contributed by atoms with E-state index in [9.17, 15) is 4.79 Å². The largest absolute Gasteiger partial charge is 0.491 e. The molecule has 3 aliphatic rings. The van der Waals surface area contributed by atoms with Crippen molar-refractivity contribution in [1.82, 2.24) is 20.1 Å². The Labute approximate surface area is 218 Å². The second kappa shape index (κ2) is 9.29. The van der Waals surface area contributed by atoms with Crippen molar-refractivity contribution in [2.24, 2.45) is 0 Å². The summed E-state index contributed by atoms with van der Waals surface area (Å²) in [7, 11) is 0. The number of rotatable bonds is 1. The maximum atomic E-state index is 15.0. The number of ether oxygens (including phenoxy) is 3. The third-order valence-corrected chi connectivity index (χ3v) is 7.44. The van der Waals surface area contributed by atoms with Crippen LogP contribution in [0.4, 0.5) is 14.9 Å². The van der Waals surface area contributed by atoms with Crippen LogP contribution in [0.15, 0.2) is 48.7 Å². The normalized spacial score (nSPS) is 19.4. The molecule has 0 unspecified atom stereocenters. The molecule has 1 N–H and O–H groups in total. The molecule has 0 radical (unpaired) electrons. The molecule has 4 aromatic rings. The number of cyclic esters (lactones) is 1. The summed E-state index contributed by atoms with van der Waals surface area (Å²) >= 11 is 0. The van der Waals surface area contributed by atoms with Crippen molar-refractivity contribution < 1.29 is 23.4 Å². The van der Waals surface area contributed by atoms with Gasteiger partial charge in [0.15, 0.2) is 0 Å². The van der Waals surface area contributed by atoms with Crippen molar-refractivity contribution in [3.05, 3.63) is 60.0 Å². The zero-order valence-corrected chi connectivity index (χ0v) is 20.7. The number of pyridine rings is 1. The van der Waals surface area contributed by atoms with E-state index in [0.717, 1.165) is 39.2 Å². The van der Waals surface area contributed by atoms with Gasteiger partial charge in [-0.1, -0.05) is 18.2 Å². The highest BCUT2D eigenvalue weighted by Crippen LogP contribution is 2.38. The van der Waals surface area contributed by atoms with E-state index in [1.807, 2.05) is 30.3 Å². The molecule has 194 valence electrons. The number of nitrogens with zero attached hydrogens (tertiary/aromatic N) is 4. The number of hydrogen-bond acceptors (Lipinski definition) is 7.